The van der Waals surface area contributed by atoms with Crippen LogP contribution in [0.4, 0.5) is 0 Å². The molecule has 0 radical (unpaired) electrons. The summed E-state index contributed by atoms with van der Waals surface area (Å²) in [5, 5.41) is 8.61. The number of nitrogens with two attached hydrogens (primary N) is 1. The number of hydrogen-bond donors (Lipinski definition) is 2. The maximum atomic E-state index is 11.9. The molecule has 0 bridgehead atoms. The van der Waals surface area contributed by atoms with Crippen LogP contribution < -0.4 is 10.5 Å². The number of carbonyl (C=O) groups excluding carboxylic acids is 1. The molecule has 2 aromatic carbocycles. The van der Waals surface area contributed by atoms with Gasteiger partial charge in [-0.05, 0) is 30.7 Å². The summed E-state index contributed by atoms with van der Waals surface area (Å²) in [5.41, 5.74) is 6.65. The van der Waals surface area contributed by atoms with Crippen molar-refractivity contribution in [1.82, 2.24) is 4.90 Å². The fourth-order valence-electron chi connectivity index (χ4n) is 2.98. The summed E-state index contributed by atoms with van der Waals surface area (Å²) in [5.74, 6) is 0.750. The normalized spacial score (nSPS) is 13.1. The Bertz CT molecular complexity index is 968. The van der Waals surface area contributed by atoms with Gasteiger partial charge in [0.15, 0.2) is 0 Å². The lowest BCUT2D eigenvalue weighted by Gasteiger charge is -2.32. The van der Waals surface area contributed by atoms with Crippen LogP contribution in [0.15, 0.2) is 54.6 Å². The van der Waals surface area contributed by atoms with Crippen LogP contribution in [0.1, 0.15) is 30.4 Å². The molecule has 1 heterocycles. The van der Waals surface area contributed by atoms with Crippen LogP contribution in [0, 0.1) is 5.41 Å². The molecule has 0 aliphatic rings. The summed E-state index contributed by atoms with van der Waals surface area (Å²) in [7, 11) is 1.78. The highest BCUT2D eigenvalue weighted by atomic mass is 32.1. The minimum atomic E-state index is -0.327. The monoisotopic (exact) mass is 381 g/mol. The number of thiophene rings is 1. The molecule has 0 spiro atoms. The molecule has 5 nitrogen and oxygen atoms in total. The van der Waals surface area contributed by atoms with Crippen molar-refractivity contribution in [2.24, 2.45) is 5.73 Å². The summed E-state index contributed by atoms with van der Waals surface area (Å²) in [6, 6.07) is 17.4. The van der Waals surface area contributed by atoms with Crippen molar-refractivity contribution >= 4 is 33.2 Å². The van der Waals surface area contributed by atoms with Gasteiger partial charge >= 0.3 is 0 Å². The van der Waals surface area contributed by atoms with E-state index >= 15 is 0 Å². The fraction of sp³-hybridized carbons (Fsp3) is 0.238. The molecule has 6 heteroatoms. The van der Waals surface area contributed by atoms with Crippen LogP contribution in [0.25, 0.3) is 10.1 Å². The number of carbonyl (C=O) groups is 1. The third kappa shape index (κ3) is 3.95. The molecular weight excluding hydrogens is 358 g/mol. The van der Waals surface area contributed by atoms with Gasteiger partial charge in [0.1, 0.15) is 17.7 Å². The molecule has 0 unspecified atom stereocenters. The quantitative estimate of drug-likeness (QED) is 0.497. The average molecular weight is 382 g/mol. The third-order valence-electron chi connectivity index (χ3n) is 4.71. The summed E-state index contributed by atoms with van der Waals surface area (Å²) >= 11 is 1.47. The van der Waals surface area contributed by atoms with E-state index in [2.05, 4.69) is 0 Å². The molecule has 3 N–H and O–H groups in total. The number of nitrogen functional groups attached to an aromatic ring is 1. The lowest BCUT2D eigenvalue weighted by molar-refractivity contribution is -0.131. The van der Waals surface area contributed by atoms with Gasteiger partial charge in [0.05, 0.1) is 10.9 Å². The van der Waals surface area contributed by atoms with Gasteiger partial charge in [0.2, 0.25) is 5.91 Å². The molecule has 140 valence electrons. The summed E-state index contributed by atoms with van der Waals surface area (Å²) in [6.07, 6.45) is -0.327. The molecule has 27 heavy (non-hydrogen) atoms. The number of hydrogen-bond acceptors (Lipinski definition) is 4. The van der Waals surface area contributed by atoms with Crippen molar-refractivity contribution in [3.63, 3.8) is 0 Å². The Morgan fingerprint density at radius 1 is 1.19 bits per heavy atom. The van der Waals surface area contributed by atoms with E-state index in [1.54, 1.807) is 18.9 Å². The van der Waals surface area contributed by atoms with Gasteiger partial charge in [-0.1, -0.05) is 36.4 Å². The second kappa shape index (κ2) is 7.80. The lowest BCUT2D eigenvalue weighted by atomic mass is 10.0. The minimum Gasteiger partial charge on any atom is -0.483 e. The highest BCUT2D eigenvalue weighted by molar-refractivity contribution is 7.20. The number of likely N-dealkylation sites (N-methyl/N-ethyl adjacent to an activating group) is 1. The Balaban J connectivity index is 2.03. The third-order valence-corrected chi connectivity index (χ3v) is 5.85. The van der Waals surface area contributed by atoms with Gasteiger partial charge in [-0.2, -0.15) is 0 Å². The standard InChI is InChI=1S/C21H23N3O2S/c1-13(24(3)14(2)25)20(15-8-5-4-6-9-15)26-17-10-7-11-18-16(17)12-19(27-18)21(22)23/h4-13,20H,1-3H3,(H3,22,23)/t13-,20+/m0/s1. The summed E-state index contributed by atoms with van der Waals surface area (Å²) in [6.45, 7) is 3.53. The molecule has 0 aliphatic heterocycles. The van der Waals surface area contributed by atoms with Crippen LogP contribution in [0.5, 0.6) is 5.75 Å². The molecule has 3 aromatic rings. The Kier molecular flexibility index (Phi) is 5.46. The Hall–Kier alpha value is -2.86. The summed E-state index contributed by atoms with van der Waals surface area (Å²) in [4.78, 5) is 14.3. The Labute approximate surface area is 162 Å². The maximum Gasteiger partial charge on any atom is 0.219 e. The molecule has 3 rings (SSSR count). The van der Waals surface area contributed by atoms with Gasteiger partial charge in [-0.3, -0.25) is 10.2 Å². The fourth-order valence-corrected chi connectivity index (χ4v) is 3.92. The number of amidine groups is 1. The number of ether oxygens (including phenoxy) is 1. The molecule has 0 fully saturated rings. The van der Waals surface area contributed by atoms with Crippen molar-refractivity contribution in [3.8, 4) is 5.75 Å². The highest BCUT2D eigenvalue weighted by Crippen LogP contribution is 2.36. The van der Waals surface area contributed by atoms with Crippen LogP contribution in [0.3, 0.4) is 0 Å². The first-order chi connectivity index (χ1) is 12.9. The lowest BCUT2D eigenvalue weighted by Crippen LogP contribution is -2.39. The number of fused-ring (bicyclic) bond motifs is 1. The van der Waals surface area contributed by atoms with Crippen molar-refractivity contribution in [2.75, 3.05) is 7.05 Å². The molecule has 0 aliphatic carbocycles. The van der Waals surface area contributed by atoms with Crippen molar-refractivity contribution < 1.29 is 9.53 Å². The number of nitrogens with one attached hydrogen (secondary N) is 1. The van der Waals surface area contributed by atoms with Crippen LogP contribution >= 0.6 is 11.3 Å². The maximum absolute atomic E-state index is 11.9. The molecule has 1 aromatic heterocycles. The van der Waals surface area contributed by atoms with E-state index in [1.807, 2.05) is 61.5 Å². The first-order valence-corrected chi connectivity index (χ1v) is 9.52. The Morgan fingerprint density at radius 3 is 2.52 bits per heavy atom. The van der Waals surface area contributed by atoms with Gasteiger partial charge in [0, 0.05) is 24.1 Å². The second-order valence-electron chi connectivity index (χ2n) is 6.51. The minimum absolute atomic E-state index is 0.0142. The first-order valence-electron chi connectivity index (χ1n) is 8.70. The first kappa shape index (κ1) is 18.9. The van der Waals surface area contributed by atoms with Gasteiger partial charge in [-0.15, -0.1) is 11.3 Å². The second-order valence-corrected chi connectivity index (χ2v) is 7.60. The SMILES string of the molecule is CC(=O)N(C)[C@@H](C)[C@@H](Oc1cccc2sc(C(=N)N)cc12)c1ccccc1. The number of rotatable bonds is 6. The molecule has 1 amide bonds. The van der Waals surface area contributed by atoms with E-state index in [0.29, 0.717) is 10.6 Å². The van der Waals surface area contributed by atoms with E-state index in [4.69, 9.17) is 15.9 Å². The van der Waals surface area contributed by atoms with Gasteiger partial charge in [-0.25, -0.2) is 0 Å². The highest BCUT2D eigenvalue weighted by Gasteiger charge is 2.27. The van der Waals surface area contributed by atoms with E-state index < -0.39 is 0 Å². The van der Waals surface area contributed by atoms with E-state index in [0.717, 1.165) is 15.6 Å². The number of amides is 1. The molecule has 0 saturated carbocycles. The number of nitrogens with zero attached hydrogens (tertiary/aromatic N) is 1. The van der Waals surface area contributed by atoms with Crippen molar-refractivity contribution in [2.45, 2.75) is 26.0 Å². The smallest absolute Gasteiger partial charge is 0.219 e. The Morgan fingerprint density at radius 2 is 1.89 bits per heavy atom. The molecule has 2 atom stereocenters. The average Bonchev–Trinajstić information content (AvgIpc) is 3.11. The molecule has 0 saturated heterocycles. The van der Waals surface area contributed by atoms with E-state index in [-0.39, 0.29) is 23.9 Å². The van der Waals surface area contributed by atoms with Crippen LogP contribution in [-0.2, 0) is 4.79 Å². The van der Waals surface area contributed by atoms with E-state index in [9.17, 15) is 4.79 Å². The van der Waals surface area contributed by atoms with E-state index in [1.165, 1.54) is 11.3 Å². The summed E-state index contributed by atoms with van der Waals surface area (Å²) < 4.78 is 7.45. The zero-order chi connectivity index (χ0) is 19.6. The van der Waals surface area contributed by atoms with Crippen LogP contribution in [-0.4, -0.2) is 29.7 Å². The molecular formula is C21H23N3O2S. The topological polar surface area (TPSA) is 79.4 Å². The largest absolute Gasteiger partial charge is 0.483 e. The van der Waals surface area contributed by atoms with Gasteiger partial charge in [0.25, 0.3) is 0 Å². The number of benzene rings is 2. The predicted molar refractivity (Wildman–Crippen MR) is 111 cm³/mol. The predicted octanol–water partition coefficient (Wildman–Crippen LogP) is 4.17. The van der Waals surface area contributed by atoms with Crippen molar-refractivity contribution in [3.05, 3.63) is 65.0 Å². The zero-order valence-electron chi connectivity index (χ0n) is 15.6. The van der Waals surface area contributed by atoms with Crippen molar-refractivity contribution in [1.29, 1.82) is 5.41 Å². The van der Waals surface area contributed by atoms with Crippen LogP contribution in [0.2, 0.25) is 0 Å². The zero-order valence-corrected chi connectivity index (χ0v) is 16.4. The van der Waals surface area contributed by atoms with Gasteiger partial charge < -0.3 is 15.4 Å².